The lowest BCUT2D eigenvalue weighted by molar-refractivity contribution is -0.384. The van der Waals surface area contributed by atoms with Crippen LogP contribution in [0.4, 0.5) is 11.4 Å². The number of rotatable bonds is 6. The van der Waals surface area contributed by atoms with Crippen molar-refractivity contribution in [3.63, 3.8) is 0 Å². The zero-order valence-corrected chi connectivity index (χ0v) is 14.7. The van der Waals surface area contributed by atoms with Crippen LogP contribution in [0.1, 0.15) is 24.8 Å². The zero-order chi connectivity index (χ0) is 17.6. The van der Waals surface area contributed by atoms with Crippen LogP contribution in [-0.4, -0.2) is 42.5 Å². The van der Waals surface area contributed by atoms with Crippen LogP contribution in [0.15, 0.2) is 54.6 Å². The Balaban J connectivity index is 1.46. The molecule has 0 unspecified atom stereocenters. The maximum atomic E-state index is 10.7. The van der Waals surface area contributed by atoms with Crippen LogP contribution < -0.4 is 4.90 Å². The van der Waals surface area contributed by atoms with E-state index in [1.165, 1.54) is 12.0 Å². The van der Waals surface area contributed by atoms with Crippen molar-refractivity contribution in [1.82, 2.24) is 4.90 Å². The first-order chi connectivity index (χ1) is 12.1. The predicted octanol–water partition coefficient (Wildman–Crippen LogP) is 3.91. The molecular formula is C20H25N3O2. The third-order valence-electron chi connectivity index (χ3n) is 5.04. The predicted molar refractivity (Wildman–Crippen MR) is 101 cm³/mol. The molecule has 0 saturated carbocycles. The Morgan fingerprint density at radius 1 is 1.00 bits per heavy atom. The first-order valence-electron chi connectivity index (χ1n) is 8.90. The fraction of sp³-hybridized carbons (Fsp3) is 0.400. The number of nitro groups is 1. The summed E-state index contributed by atoms with van der Waals surface area (Å²) in [6.45, 7) is 7.43. The number of non-ortho nitro benzene ring substituents is 1. The van der Waals surface area contributed by atoms with Gasteiger partial charge in [0.2, 0.25) is 0 Å². The number of hydrogen-bond acceptors (Lipinski definition) is 4. The Morgan fingerprint density at radius 3 is 2.24 bits per heavy atom. The maximum absolute atomic E-state index is 10.7. The van der Waals surface area contributed by atoms with Gasteiger partial charge in [-0.2, -0.15) is 0 Å². The molecule has 1 saturated heterocycles. The lowest BCUT2D eigenvalue weighted by atomic mass is 9.97. The normalized spacial score (nSPS) is 16.6. The van der Waals surface area contributed by atoms with Crippen molar-refractivity contribution in [3.05, 3.63) is 70.3 Å². The fourth-order valence-corrected chi connectivity index (χ4v) is 3.34. The second-order valence-electron chi connectivity index (χ2n) is 6.70. The quantitative estimate of drug-likeness (QED) is 0.591. The van der Waals surface area contributed by atoms with Gasteiger partial charge in [-0.15, -0.1) is 0 Å². The summed E-state index contributed by atoms with van der Waals surface area (Å²) >= 11 is 0. The molecule has 0 radical (unpaired) electrons. The molecule has 1 aliphatic rings. The second-order valence-corrected chi connectivity index (χ2v) is 6.70. The van der Waals surface area contributed by atoms with E-state index in [1.54, 1.807) is 12.1 Å². The van der Waals surface area contributed by atoms with Crippen LogP contribution >= 0.6 is 0 Å². The Kier molecular flexibility index (Phi) is 5.66. The van der Waals surface area contributed by atoms with E-state index in [4.69, 9.17) is 0 Å². The van der Waals surface area contributed by atoms with Gasteiger partial charge >= 0.3 is 0 Å². The first kappa shape index (κ1) is 17.4. The van der Waals surface area contributed by atoms with Crippen LogP contribution in [0.3, 0.4) is 0 Å². The number of benzene rings is 2. The molecule has 25 heavy (non-hydrogen) atoms. The molecule has 0 N–H and O–H groups in total. The van der Waals surface area contributed by atoms with Crippen LogP contribution in [-0.2, 0) is 0 Å². The van der Waals surface area contributed by atoms with Crippen molar-refractivity contribution in [2.24, 2.45) is 0 Å². The highest BCUT2D eigenvalue weighted by Gasteiger charge is 2.18. The van der Waals surface area contributed by atoms with E-state index in [2.05, 4.69) is 47.1 Å². The summed E-state index contributed by atoms with van der Waals surface area (Å²) in [5, 5.41) is 10.7. The average molecular weight is 339 g/mol. The minimum absolute atomic E-state index is 0.150. The molecular weight excluding hydrogens is 314 g/mol. The summed E-state index contributed by atoms with van der Waals surface area (Å²) in [7, 11) is 0. The van der Waals surface area contributed by atoms with Gasteiger partial charge in [-0.3, -0.25) is 15.0 Å². The third-order valence-corrected chi connectivity index (χ3v) is 5.04. The Hall–Kier alpha value is -2.40. The van der Waals surface area contributed by atoms with Crippen LogP contribution in [0.2, 0.25) is 0 Å². The minimum Gasteiger partial charge on any atom is -0.369 e. The summed E-state index contributed by atoms with van der Waals surface area (Å²) in [4.78, 5) is 15.2. The summed E-state index contributed by atoms with van der Waals surface area (Å²) in [6, 6.07) is 17.6. The molecule has 1 fully saturated rings. The molecule has 0 aromatic heterocycles. The highest BCUT2D eigenvalue weighted by Crippen LogP contribution is 2.22. The molecule has 5 heteroatoms. The van der Waals surface area contributed by atoms with E-state index < -0.39 is 0 Å². The van der Waals surface area contributed by atoms with Gasteiger partial charge in [-0.1, -0.05) is 37.3 Å². The van der Waals surface area contributed by atoms with Crippen molar-refractivity contribution in [3.8, 4) is 0 Å². The largest absolute Gasteiger partial charge is 0.369 e. The zero-order valence-electron chi connectivity index (χ0n) is 14.7. The van der Waals surface area contributed by atoms with Gasteiger partial charge in [0.25, 0.3) is 5.69 Å². The van der Waals surface area contributed by atoms with E-state index >= 15 is 0 Å². The first-order valence-corrected chi connectivity index (χ1v) is 8.90. The molecule has 0 aliphatic carbocycles. The number of nitro benzene ring substituents is 1. The number of nitrogens with zero attached hydrogens (tertiary/aromatic N) is 3. The third kappa shape index (κ3) is 4.57. The van der Waals surface area contributed by atoms with Crippen molar-refractivity contribution in [1.29, 1.82) is 0 Å². The minimum atomic E-state index is -0.352. The molecule has 1 atom stereocenters. The monoisotopic (exact) mass is 339 g/mol. The number of hydrogen-bond donors (Lipinski definition) is 0. The van der Waals surface area contributed by atoms with Crippen LogP contribution in [0.5, 0.6) is 0 Å². The molecule has 132 valence electrons. The van der Waals surface area contributed by atoms with Gasteiger partial charge in [0.05, 0.1) is 4.92 Å². The summed E-state index contributed by atoms with van der Waals surface area (Å²) in [5.41, 5.74) is 2.63. The summed E-state index contributed by atoms with van der Waals surface area (Å²) in [6.07, 6.45) is 1.17. The molecule has 1 heterocycles. The maximum Gasteiger partial charge on any atom is 0.269 e. The smallest absolute Gasteiger partial charge is 0.269 e. The molecule has 0 bridgehead atoms. The van der Waals surface area contributed by atoms with Crippen LogP contribution in [0.25, 0.3) is 0 Å². The van der Waals surface area contributed by atoms with Gasteiger partial charge in [-0.05, 0) is 36.6 Å². The molecule has 5 nitrogen and oxygen atoms in total. The lowest BCUT2D eigenvalue weighted by Crippen LogP contribution is -2.46. The van der Waals surface area contributed by atoms with Gasteiger partial charge in [0.1, 0.15) is 0 Å². The molecule has 0 amide bonds. The lowest BCUT2D eigenvalue weighted by Gasteiger charge is -2.36. The molecule has 1 aliphatic heterocycles. The van der Waals surface area contributed by atoms with Crippen molar-refractivity contribution in [2.45, 2.75) is 19.3 Å². The van der Waals surface area contributed by atoms with E-state index in [0.717, 1.165) is 38.4 Å². The number of anilines is 1. The van der Waals surface area contributed by atoms with Gasteiger partial charge in [0, 0.05) is 44.0 Å². The number of piperazine rings is 1. The van der Waals surface area contributed by atoms with Crippen molar-refractivity contribution in [2.75, 3.05) is 37.6 Å². The highest BCUT2D eigenvalue weighted by molar-refractivity contribution is 5.51. The average Bonchev–Trinajstić information content (AvgIpc) is 2.67. The van der Waals surface area contributed by atoms with Gasteiger partial charge in [0.15, 0.2) is 0 Å². The Morgan fingerprint density at radius 2 is 1.64 bits per heavy atom. The fourth-order valence-electron chi connectivity index (χ4n) is 3.34. The molecule has 3 rings (SSSR count). The topological polar surface area (TPSA) is 49.6 Å². The highest BCUT2D eigenvalue weighted by atomic mass is 16.6. The molecule has 0 spiro atoms. The molecule has 2 aromatic carbocycles. The van der Waals surface area contributed by atoms with Gasteiger partial charge < -0.3 is 4.90 Å². The second kappa shape index (κ2) is 8.12. The van der Waals surface area contributed by atoms with Crippen molar-refractivity contribution >= 4 is 11.4 Å². The Bertz CT molecular complexity index is 680. The van der Waals surface area contributed by atoms with Crippen molar-refractivity contribution < 1.29 is 4.92 Å². The van der Waals surface area contributed by atoms with E-state index in [1.807, 2.05) is 12.1 Å². The van der Waals surface area contributed by atoms with E-state index in [0.29, 0.717) is 5.92 Å². The SMILES string of the molecule is C[C@@H](CCN1CCN(c2ccc([N+](=O)[O-])cc2)CC1)c1ccccc1. The Labute approximate surface area is 149 Å². The van der Waals surface area contributed by atoms with Gasteiger partial charge in [-0.25, -0.2) is 0 Å². The summed E-state index contributed by atoms with van der Waals surface area (Å²) in [5.74, 6) is 0.578. The van der Waals surface area contributed by atoms with Crippen LogP contribution in [0, 0.1) is 10.1 Å². The molecule has 2 aromatic rings. The standard InChI is InChI=1S/C20H25N3O2/c1-17(18-5-3-2-4-6-18)11-12-21-13-15-22(16-14-21)19-7-9-20(10-8-19)23(24)25/h2-10,17H,11-16H2,1H3/t17-/m0/s1. The van der Waals surface area contributed by atoms with E-state index in [9.17, 15) is 10.1 Å². The van der Waals surface area contributed by atoms with E-state index in [-0.39, 0.29) is 10.6 Å². The summed E-state index contributed by atoms with van der Waals surface area (Å²) < 4.78 is 0.